The fourth-order valence-corrected chi connectivity index (χ4v) is 3.98. The molecule has 4 aliphatic rings. The van der Waals surface area contributed by atoms with Crippen LogP contribution in [-0.4, -0.2) is 60.6 Å². The molecule has 4 rings (SSSR count). The molecule has 4 heterocycles. The minimum absolute atomic E-state index is 0.294. The summed E-state index contributed by atoms with van der Waals surface area (Å²) < 4.78 is 0. The first kappa shape index (κ1) is 11.9. The van der Waals surface area contributed by atoms with Crippen LogP contribution >= 0.6 is 0 Å². The highest BCUT2D eigenvalue weighted by atomic mass is 15.3. The van der Waals surface area contributed by atoms with Crippen LogP contribution < -0.4 is 5.32 Å². The third kappa shape index (κ3) is 2.51. The molecule has 3 heteroatoms. The maximum atomic E-state index is 3.68. The van der Waals surface area contributed by atoms with Crippen LogP contribution in [0.15, 0.2) is 0 Å². The lowest BCUT2D eigenvalue weighted by Crippen LogP contribution is -2.59. The van der Waals surface area contributed by atoms with Crippen molar-refractivity contribution in [2.24, 2.45) is 5.92 Å². The number of fused-ring (bicyclic) bond motifs is 3. The largest absolute Gasteiger partial charge is 0.310 e. The van der Waals surface area contributed by atoms with Gasteiger partial charge in [-0.05, 0) is 65.2 Å². The van der Waals surface area contributed by atoms with Crippen LogP contribution in [0.1, 0.15) is 33.1 Å². The van der Waals surface area contributed by atoms with Gasteiger partial charge in [0.1, 0.15) is 0 Å². The fraction of sp³-hybridized carbons (Fsp3) is 1.00. The molecule has 4 aliphatic heterocycles. The van der Waals surface area contributed by atoms with E-state index >= 15 is 0 Å². The van der Waals surface area contributed by atoms with E-state index in [1.807, 2.05) is 0 Å². The second kappa shape index (κ2) is 4.52. The summed E-state index contributed by atoms with van der Waals surface area (Å²) in [6.07, 6.45) is 4.19. The lowest BCUT2D eigenvalue weighted by Gasteiger charge is -2.50. The molecule has 0 aromatic rings. The SMILES string of the molecule is CC1(C)CN(C2CN3CCC2CC3)CCCN1. The van der Waals surface area contributed by atoms with Crippen molar-refractivity contribution < 1.29 is 0 Å². The molecule has 3 nitrogen and oxygen atoms in total. The van der Waals surface area contributed by atoms with Gasteiger partial charge in [0, 0.05) is 24.7 Å². The summed E-state index contributed by atoms with van der Waals surface area (Å²) in [7, 11) is 0. The van der Waals surface area contributed by atoms with E-state index < -0.39 is 0 Å². The number of rotatable bonds is 1. The summed E-state index contributed by atoms with van der Waals surface area (Å²) in [6.45, 7) is 12.5. The molecule has 0 spiro atoms. The molecule has 0 saturated carbocycles. The molecule has 4 saturated heterocycles. The zero-order valence-electron chi connectivity index (χ0n) is 11.4. The third-order valence-electron chi connectivity index (χ3n) is 4.91. The van der Waals surface area contributed by atoms with E-state index in [1.165, 1.54) is 58.5 Å². The Hall–Kier alpha value is -0.120. The van der Waals surface area contributed by atoms with E-state index in [0.29, 0.717) is 5.54 Å². The second-order valence-electron chi connectivity index (χ2n) is 6.84. The molecule has 4 fully saturated rings. The molecular formula is C14H27N3. The molecule has 0 aliphatic carbocycles. The first-order valence-electron chi connectivity index (χ1n) is 7.35. The molecule has 98 valence electrons. The smallest absolute Gasteiger partial charge is 0.0253 e. The molecule has 1 N–H and O–H groups in total. The van der Waals surface area contributed by atoms with Crippen molar-refractivity contribution in [3.8, 4) is 0 Å². The molecule has 1 unspecified atom stereocenters. The Balaban J connectivity index is 1.70. The predicted molar refractivity (Wildman–Crippen MR) is 71.2 cm³/mol. The normalized spacial score (nSPS) is 42.4. The minimum Gasteiger partial charge on any atom is -0.310 e. The fourth-order valence-electron chi connectivity index (χ4n) is 3.98. The summed E-state index contributed by atoms with van der Waals surface area (Å²) in [5.74, 6) is 0.980. The van der Waals surface area contributed by atoms with E-state index in [-0.39, 0.29) is 0 Å². The zero-order chi connectivity index (χ0) is 11.9. The maximum Gasteiger partial charge on any atom is 0.0253 e. The molecule has 0 amide bonds. The van der Waals surface area contributed by atoms with Crippen molar-refractivity contribution in [2.45, 2.75) is 44.7 Å². The highest BCUT2D eigenvalue weighted by Gasteiger charge is 2.39. The molecule has 0 radical (unpaired) electrons. The Bertz CT molecular complexity index is 269. The van der Waals surface area contributed by atoms with Crippen LogP contribution in [0, 0.1) is 5.92 Å². The Morgan fingerprint density at radius 2 is 1.88 bits per heavy atom. The monoisotopic (exact) mass is 237 g/mol. The molecule has 2 bridgehead atoms. The van der Waals surface area contributed by atoms with Crippen molar-refractivity contribution in [2.75, 3.05) is 39.3 Å². The van der Waals surface area contributed by atoms with Gasteiger partial charge in [-0.15, -0.1) is 0 Å². The summed E-state index contributed by atoms with van der Waals surface area (Å²) in [5, 5.41) is 3.68. The Kier molecular flexibility index (Phi) is 3.18. The topological polar surface area (TPSA) is 18.5 Å². The first-order valence-corrected chi connectivity index (χ1v) is 7.35. The van der Waals surface area contributed by atoms with Gasteiger partial charge in [-0.2, -0.15) is 0 Å². The van der Waals surface area contributed by atoms with E-state index in [0.717, 1.165) is 12.0 Å². The van der Waals surface area contributed by atoms with Gasteiger partial charge in [0.2, 0.25) is 0 Å². The van der Waals surface area contributed by atoms with E-state index in [2.05, 4.69) is 29.0 Å². The van der Waals surface area contributed by atoms with E-state index in [1.54, 1.807) is 0 Å². The van der Waals surface area contributed by atoms with Gasteiger partial charge in [0.15, 0.2) is 0 Å². The predicted octanol–water partition coefficient (Wildman–Crippen LogP) is 1.15. The van der Waals surface area contributed by atoms with Gasteiger partial charge >= 0.3 is 0 Å². The number of hydrogen-bond acceptors (Lipinski definition) is 3. The number of nitrogens with one attached hydrogen (secondary N) is 1. The Morgan fingerprint density at radius 1 is 1.12 bits per heavy atom. The molecule has 0 aromatic carbocycles. The average Bonchev–Trinajstić information content (AvgIpc) is 2.51. The van der Waals surface area contributed by atoms with Crippen LogP contribution in [0.2, 0.25) is 0 Å². The maximum absolute atomic E-state index is 3.68. The summed E-state index contributed by atoms with van der Waals surface area (Å²) in [5.41, 5.74) is 0.294. The van der Waals surface area contributed by atoms with E-state index in [4.69, 9.17) is 0 Å². The average molecular weight is 237 g/mol. The van der Waals surface area contributed by atoms with Crippen molar-refractivity contribution in [1.82, 2.24) is 15.1 Å². The highest BCUT2D eigenvalue weighted by molar-refractivity contribution is 4.96. The Labute approximate surface area is 106 Å². The minimum atomic E-state index is 0.294. The van der Waals surface area contributed by atoms with Gasteiger partial charge in [-0.1, -0.05) is 0 Å². The third-order valence-corrected chi connectivity index (χ3v) is 4.91. The number of hydrogen-bond donors (Lipinski definition) is 1. The first-order chi connectivity index (χ1) is 8.14. The van der Waals surface area contributed by atoms with Crippen LogP contribution in [0.3, 0.4) is 0 Å². The van der Waals surface area contributed by atoms with Crippen LogP contribution in [0.4, 0.5) is 0 Å². The highest BCUT2D eigenvalue weighted by Crippen LogP contribution is 2.32. The van der Waals surface area contributed by atoms with Gasteiger partial charge in [0.25, 0.3) is 0 Å². The van der Waals surface area contributed by atoms with Gasteiger partial charge in [-0.3, -0.25) is 4.90 Å². The summed E-state index contributed by atoms with van der Waals surface area (Å²) in [6, 6.07) is 0.844. The van der Waals surface area contributed by atoms with Crippen LogP contribution in [-0.2, 0) is 0 Å². The number of nitrogens with zero attached hydrogens (tertiary/aromatic N) is 2. The van der Waals surface area contributed by atoms with Crippen molar-refractivity contribution in [3.63, 3.8) is 0 Å². The van der Waals surface area contributed by atoms with Crippen molar-refractivity contribution in [1.29, 1.82) is 0 Å². The molecule has 1 atom stereocenters. The quantitative estimate of drug-likeness (QED) is 0.738. The van der Waals surface area contributed by atoms with Crippen molar-refractivity contribution >= 4 is 0 Å². The molecule has 0 aromatic heterocycles. The summed E-state index contributed by atoms with van der Waals surface area (Å²) >= 11 is 0. The second-order valence-corrected chi connectivity index (χ2v) is 6.84. The number of piperidine rings is 3. The van der Waals surface area contributed by atoms with Crippen LogP contribution in [0.25, 0.3) is 0 Å². The standard InChI is InChI=1S/C14H27N3/c1-14(2)11-17(7-3-6-15-14)13-10-16-8-4-12(13)5-9-16/h12-13,15H,3-11H2,1-2H3. The lowest BCUT2D eigenvalue weighted by molar-refractivity contribution is 0.000397. The zero-order valence-corrected chi connectivity index (χ0v) is 11.4. The molecule has 17 heavy (non-hydrogen) atoms. The van der Waals surface area contributed by atoms with Crippen LogP contribution in [0.5, 0.6) is 0 Å². The lowest BCUT2D eigenvalue weighted by atomic mass is 9.82. The van der Waals surface area contributed by atoms with E-state index in [9.17, 15) is 0 Å². The summed E-state index contributed by atoms with van der Waals surface area (Å²) in [4.78, 5) is 5.46. The van der Waals surface area contributed by atoms with Crippen molar-refractivity contribution in [3.05, 3.63) is 0 Å². The Morgan fingerprint density at radius 3 is 2.53 bits per heavy atom. The van der Waals surface area contributed by atoms with Gasteiger partial charge < -0.3 is 10.2 Å². The van der Waals surface area contributed by atoms with Gasteiger partial charge in [-0.25, -0.2) is 0 Å². The molecular weight excluding hydrogens is 210 g/mol. The van der Waals surface area contributed by atoms with Gasteiger partial charge in [0.05, 0.1) is 0 Å².